The van der Waals surface area contributed by atoms with Gasteiger partial charge < -0.3 is 0 Å². The third kappa shape index (κ3) is 3.80. The average molecular weight is 504 g/mol. The highest BCUT2D eigenvalue weighted by atomic mass is 19.4. The van der Waals surface area contributed by atoms with Gasteiger partial charge in [0.25, 0.3) is 0 Å². The summed E-state index contributed by atoms with van der Waals surface area (Å²) in [5.74, 6) is -26.3. The summed E-state index contributed by atoms with van der Waals surface area (Å²) in [5.41, 5.74) is -8.99. The van der Waals surface area contributed by atoms with E-state index >= 15 is 0 Å². The molecule has 1 unspecified atom stereocenters. The summed E-state index contributed by atoms with van der Waals surface area (Å²) in [5, 5.41) is 0. The fourth-order valence-corrected chi connectivity index (χ4v) is 1.53. The van der Waals surface area contributed by atoms with Crippen molar-refractivity contribution in [2.24, 2.45) is 0 Å². The first-order valence-electron chi connectivity index (χ1n) is 5.94. The third-order valence-corrected chi connectivity index (χ3v) is 2.99. The maximum absolute atomic E-state index is 13.9. The molecule has 0 aliphatic rings. The number of halogens is 20. The van der Waals surface area contributed by atoms with E-state index in [1.165, 1.54) is 0 Å². The van der Waals surface area contributed by atoms with Crippen LogP contribution in [-0.2, 0) is 4.74 Å². The van der Waals surface area contributed by atoms with Crippen LogP contribution < -0.4 is 0 Å². The quantitative estimate of drug-likeness (QED) is 0.398. The molecule has 1 atom stereocenters. The van der Waals surface area contributed by atoms with Gasteiger partial charge in [-0.05, 0) is 0 Å². The van der Waals surface area contributed by atoms with Crippen LogP contribution in [0.25, 0.3) is 0 Å². The van der Waals surface area contributed by atoms with Crippen molar-refractivity contribution in [3.05, 3.63) is 0 Å². The van der Waals surface area contributed by atoms with Gasteiger partial charge in [-0.15, -0.1) is 0 Å². The van der Waals surface area contributed by atoms with Crippen molar-refractivity contribution in [1.82, 2.24) is 0 Å². The van der Waals surface area contributed by atoms with Crippen molar-refractivity contribution in [2.75, 3.05) is 0 Å². The molecule has 0 aliphatic carbocycles. The largest absolute Gasteiger partial charge is 0.459 e. The van der Waals surface area contributed by atoms with E-state index < -0.39 is 54.2 Å². The summed E-state index contributed by atoms with van der Waals surface area (Å²) >= 11 is 0. The number of rotatable bonds is 4. The van der Waals surface area contributed by atoms with Crippen LogP contribution in [0.15, 0.2) is 0 Å². The van der Waals surface area contributed by atoms with Crippen LogP contribution in [0.4, 0.5) is 87.8 Å². The maximum atomic E-state index is 13.9. The summed E-state index contributed by atoms with van der Waals surface area (Å²) in [6, 6.07) is 0. The predicted molar refractivity (Wildman–Crippen MR) is 47.8 cm³/mol. The average Bonchev–Trinajstić information content (AvgIpc) is 2.39. The predicted octanol–water partition coefficient (Wildman–Crippen LogP) is 6.49. The standard InChI is InChI=1S/C9F20O/c10-1(5(15,16)17,6(18,19)20)3(13,2(11,12)7(21,22)23)30-4(14,8(24,25)26)9(27,28)29. The fourth-order valence-electron chi connectivity index (χ4n) is 1.53. The summed E-state index contributed by atoms with van der Waals surface area (Å²) in [6.45, 7) is 0. The maximum Gasteiger partial charge on any atom is 0.459 e. The molecule has 0 aromatic carbocycles. The van der Waals surface area contributed by atoms with Crippen molar-refractivity contribution < 1.29 is 92.5 Å². The van der Waals surface area contributed by atoms with Gasteiger partial charge >= 0.3 is 54.2 Å². The van der Waals surface area contributed by atoms with E-state index in [9.17, 15) is 87.8 Å². The molecule has 30 heavy (non-hydrogen) atoms. The van der Waals surface area contributed by atoms with Crippen LogP contribution in [0.5, 0.6) is 0 Å². The Kier molecular flexibility index (Phi) is 6.45. The van der Waals surface area contributed by atoms with Gasteiger partial charge in [-0.3, -0.25) is 4.74 Å². The van der Waals surface area contributed by atoms with Gasteiger partial charge in [-0.25, -0.2) is 8.78 Å². The fraction of sp³-hybridized carbons (Fsp3) is 1.00. The molecule has 0 N–H and O–H groups in total. The lowest BCUT2D eigenvalue weighted by Gasteiger charge is -2.46. The van der Waals surface area contributed by atoms with E-state index in [1.54, 1.807) is 0 Å². The highest BCUT2D eigenvalue weighted by molar-refractivity contribution is 5.15. The molecule has 0 aliphatic heterocycles. The SMILES string of the molecule is FC(F)(F)C(F)(F)C(F)(OC(F)(C(F)(F)F)C(F)(F)F)C(F)(C(F)(F)F)C(F)(F)F. The lowest BCUT2D eigenvalue weighted by molar-refractivity contribution is -0.541. The minimum atomic E-state index is -9.09. The van der Waals surface area contributed by atoms with E-state index in [1.807, 2.05) is 0 Å². The molecule has 0 saturated carbocycles. The van der Waals surface area contributed by atoms with Crippen molar-refractivity contribution in [2.45, 2.75) is 54.2 Å². The van der Waals surface area contributed by atoms with Crippen LogP contribution in [0.2, 0.25) is 0 Å². The summed E-state index contributed by atoms with van der Waals surface area (Å²) in [7, 11) is 0. The molecule has 0 saturated heterocycles. The van der Waals surface area contributed by atoms with E-state index in [0.717, 1.165) is 4.74 Å². The minimum Gasteiger partial charge on any atom is -0.285 e. The number of alkyl halides is 20. The van der Waals surface area contributed by atoms with Gasteiger partial charge in [-0.1, -0.05) is 0 Å². The van der Waals surface area contributed by atoms with Crippen molar-refractivity contribution in [3.63, 3.8) is 0 Å². The first-order valence-corrected chi connectivity index (χ1v) is 5.94. The first kappa shape index (κ1) is 28.6. The summed E-state index contributed by atoms with van der Waals surface area (Å²) in [6.07, 6.45) is -41.6. The smallest absolute Gasteiger partial charge is 0.285 e. The first-order chi connectivity index (χ1) is 12.5. The van der Waals surface area contributed by atoms with E-state index in [2.05, 4.69) is 0 Å². The van der Waals surface area contributed by atoms with Gasteiger partial charge in [0.2, 0.25) is 0 Å². The topological polar surface area (TPSA) is 9.23 Å². The molecule has 0 radical (unpaired) electrons. The molecule has 0 amide bonds. The van der Waals surface area contributed by atoms with Crippen LogP contribution in [0, 0.1) is 0 Å². The van der Waals surface area contributed by atoms with Crippen LogP contribution in [-0.4, -0.2) is 54.2 Å². The van der Waals surface area contributed by atoms with E-state index in [4.69, 9.17) is 0 Å². The molecule has 0 aromatic rings. The molecule has 1 nitrogen and oxygen atoms in total. The van der Waals surface area contributed by atoms with Crippen molar-refractivity contribution in [3.8, 4) is 0 Å². The Balaban J connectivity index is 7.60. The molecule has 0 fully saturated rings. The van der Waals surface area contributed by atoms with Gasteiger partial charge in [0, 0.05) is 0 Å². The molecule has 0 rings (SSSR count). The third-order valence-electron chi connectivity index (χ3n) is 2.99. The monoisotopic (exact) mass is 504 g/mol. The Morgan fingerprint density at radius 2 is 0.567 bits per heavy atom. The normalized spacial score (nSPS) is 18.4. The number of hydrogen-bond acceptors (Lipinski definition) is 1. The highest BCUT2D eigenvalue weighted by Gasteiger charge is 2.96. The second-order valence-corrected chi connectivity index (χ2v) is 5.01. The molecular weight excluding hydrogens is 504 g/mol. The highest BCUT2D eigenvalue weighted by Crippen LogP contribution is 2.64. The second-order valence-electron chi connectivity index (χ2n) is 5.01. The molecule has 0 bridgehead atoms. The van der Waals surface area contributed by atoms with Gasteiger partial charge in [0.05, 0.1) is 0 Å². The Morgan fingerprint density at radius 3 is 0.733 bits per heavy atom. The lowest BCUT2D eigenvalue weighted by Crippen LogP contribution is -2.78. The van der Waals surface area contributed by atoms with Crippen LogP contribution >= 0.6 is 0 Å². The molecule has 0 spiro atoms. The van der Waals surface area contributed by atoms with E-state index in [-0.39, 0.29) is 0 Å². The molecule has 0 aromatic heterocycles. The zero-order valence-corrected chi connectivity index (χ0v) is 12.5. The Hall–Kier alpha value is -1.44. The van der Waals surface area contributed by atoms with Crippen molar-refractivity contribution in [1.29, 1.82) is 0 Å². The van der Waals surface area contributed by atoms with E-state index in [0.29, 0.717) is 0 Å². The Morgan fingerprint density at radius 1 is 0.300 bits per heavy atom. The van der Waals surface area contributed by atoms with Gasteiger partial charge in [0.15, 0.2) is 0 Å². The lowest BCUT2D eigenvalue weighted by atomic mass is 9.88. The molecule has 0 heterocycles. The zero-order valence-electron chi connectivity index (χ0n) is 12.5. The summed E-state index contributed by atoms with van der Waals surface area (Å²) < 4.78 is 252. The van der Waals surface area contributed by atoms with Crippen LogP contribution in [0.3, 0.4) is 0 Å². The number of hydrogen-bond donors (Lipinski definition) is 0. The zero-order chi connectivity index (χ0) is 25.2. The Bertz CT molecular complexity index is 585. The van der Waals surface area contributed by atoms with Gasteiger partial charge in [-0.2, -0.15) is 79.0 Å². The number of ether oxygens (including phenoxy) is 1. The van der Waals surface area contributed by atoms with Gasteiger partial charge in [0.1, 0.15) is 0 Å². The minimum absolute atomic E-state index is 0.896. The molecule has 182 valence electrons. The molecular formula is C9F20O. The van der Waals surface area contributed by atoms with Crippen LogP contribution in [0.1, 0.15) is 0 Å². The second kappa shape index (κ2) is 6.78. The summed E-state index contributed by atoms with van der Waals surface area (Å²) in [4.78, 5) is 0. The molecule has 21 heteroatoms. The Labute approximate surface area is 148 Å². The van der Waals surface area contributed by atoms with Crippen molar-refractivity contribution >= 4 is 0 Å².